The summed E-state index contributed by atoms with van der Waals surface area (Å²) in [4.78, 5) is 14.1. The standard InChI is InChI=1S/C21H43NO4Si/c1-14(2)22(15(3)4)20(24)25-17(6)13-16(5)19(23)18(7)26-27(11,12)21(8,9)10/h13-16,18-19,23H,1-12H3/b17-13-/t16-,18+,19-/m1/s1. The van der Waals surface area contributed by atoms with Crippen LogP contribution in [0, 0.1) is 5.92 Å². The van der Waals surface area contributed by atoms with E-state index in [4.69, 9.17) is 9.16 Å². The molecule has 160 valence electrons. The molecule has 0 aromatic carbocycles. The highest BCUT2D eigenvalue weighted by molar-refractivity contribution is 6.74. The fourth-order valence-corrected chi connectivity index (χ4v) is 4.27. The number of carbonyl (C=O) groups is 1. The normalized spacial score (nSPS) is 17.1. The van der Waals surface area contributed by atoms with E-state index in [0.717, 1.165) is 0 Å². The van der Waals surface area contributed by atoms with Crippen LogP contribution in [0.25, 0.3) is 0 Å². The van der Waals surface area contributed by atoms with Gasteiger partial charge in [-0.3, -0.25) is 0 Å². The lowest BCUT2D eigenvalue weighted by molar-refractivity contribution is 0.0157. The van der Waals surface area contributed by atoms with Crippen LogP contribution in [0.4, 0.5) is 4.79 Å². The first-order valence-corrected chi connectivity index (χ1v) is 13.0. The highest BCUT2D eigenvalue weighted by Crippen LogP contribution is 2.38. The lowest BCUT2D eigenvalue weighted by Crippen LogP contribution is -2.47. The van der Waals surface area contributed by atoms with E-state index in [1.54, 1.807) is 17.9 Å². The van der Waals surface area contributed by atoms with E-state index in [1.807, 2.05) is 41.5 Å². The largest absolute Gasteiger partial charge is 0.415 e. The number of carbonyl (C=O) groups excluding carboxylic acids is 1. The van der Waals surface area contributed by atoms with Gasteiger partial charge >= 0.3 is 6.09 Å². The Morgan fingerprint density at radius 2 is 1.48 bits per heavy atom. The second-order valence-corrected chi connectivity index (χ2v) is 14.4. The summed E-state index contributed by atoms with van der Waals surface area (Å²) in [6, 6.07) is 0.123. The minimum atomic E-state index is -1.96. The number of ether oxygens (including phenoxy) is 1. The van der Waals surface area contributed by atoms with Crippen LogP contribution in [0.15, 0.2) is 11.8 Å². The van der Waals surface area contributed by atoms with Crippen molar-refractivity contribution in [3.63, 3.8) is 0 Å². The van der Waals surface area contributed by atoms with Gasteiger partial charge in [-0.25, -0.2) is 4.79 Å². The predicted octanol–water partition coefficient (Wildman–Crippen LogP) is 5.55. The van der Waals surface area contributed by atoms with Crippen molar-refractivity contribution in [3.8, 4) is 0 Å². The third kappa shape index (κ3) is 7.96. The van der Waals surface area contributed by atoms with Crippen molar-refractivity contribution < 1.29 is 19.1 Å². The average molecular weight is 402 g/mol. The second-order valence-electron chi connectivity index (χ2n) is 9.67. The zero-order chi connectivity index (χ0) is 21.7. The Morgan fingerprint density at radius 1 is 1.04 bits per heavy atom. The molecular weight excluding hydrogens is 358 g/mol. The molecular formula is C21H43NO4Si. The van der Waals surface area contributed by atoms with E-state index in [2.05, 4.69) is 33.9 Å². The van der Waals surface area contributed by atoms with Crippen LogP contribution in [0.5, 0.6) is 0 Å². The fourth-order valence-electron chi connectivity index (χ4n) is 2.85. The second kappa shape index (κ2) is 10.1. The van der Waals surface area contributed by atoms with Gasteiger partial charge in [0.15, 0.2) is 8.32 Å². The summed E-state index contributed by atoms with van der Waals surface area (Å²) in [5, 5.41) is 10.8. The third-order valence-electron chi connectivity index (χ3n) is 5.38. The predicted molar refractivity (Wildman–Crippen MR) is 115 cm³/mol. The van der Waals surface area contributed by atoms with E-state index in [0.29, 0.717) is 5.76 Å². The Labute approximate surface area is 168 Å². The Kier molecular flexibility index (Phi) is 9.76. The molecule has 0 spiro atoms. The van der Waals surface area contributed by atoms with Crippen LogP contribution < -0.4 is 0 Å². The van der Waals surface area contributed by atoms with Gasteiger partial charge in [-0.05, 0) is 65.8 Å². The van der Waals surface area contributed by atoms with Gasteiger partial charge < -0.3 is 19.2 Å². The summed E-state index contributed by atoms with van der Waals surface area (Å²) < 4.78 is 11.8. The quantitative estimate of drug-likeness (QED) is 0.428. The molecule has 0 aliphatic rings. The average Bonchev–Trinajstić information content (AvgIpc) is 2.43. The number of allylic oxidation sites excluding steroid dienone is 1. The Hall–Kier alpha value is -0.853. The molecule has 1 amide bonds. The van der Waals surface area contributed by atoms with Gasteiger partial charge in [-0.2, -0.15) is 0 Å². The summed E-state index contributed by atoms with van der Waals surface area (Å²) >= 11 is 0. The van der Waals surface area contributed by atoms with E-state index < -0.39 is 14.4 Å². The molecule has 0 radical (unpaired) electrons. The summed E-state index contributed by atoms with van der Waals surface area (Å²) in [5.74, 6) is 0.307. The van der Waals surface area contributed by atoms with Crippen LogP contribution in [0.3, 0.4) is 0 Å². The van der Waals surface area contributed by atoms with Crippen LogP contribution >= 0.6 is 0 Å². The number of nitrogens with zero attached hydrogens (tertiary/aromatic N) is 1. The molecule has 0 heterocycles. The van der Waals surface area contributed by atoms with Gasteiger partial charge in [-0.1, -0.05) is 27.7 Å². The molecule has 0 unspecified atom stereocenters. The topological polar surface area (TPSA) is 59.0 Å². The molecule has 0 aliphatic carbocycles. The molecule has 0 saturated heterocycles. The molecule has 0 aromatic heterocycles. The van der Waals surface area contributed by atoms with Crippen LogP contribution in [-0.2, 0) is 9.16 Å². The molecule has 0 bridgehead atoms. The van der Waals surface area contributed by atoms with Gasteiger partial charge in [0.25, 0.3) is 0 Å². The van der Waals surface area contributed by atoms with Gasteiger partial charge in [0, 0.05) is 18.0 Å². The van der Waals surface area contributed by atoms with Crippen molar-refractivity contribution >= 4 is 14.4 Å². The van der Waals surface area contributed by atoms with Crippen molar-refractivity contribution in [3.05, 3.63) is 11.8 Å². The molecule has 1 N–H and O–H groups in total. The fraction of sp³-hybridized carbons (Fsp3) is 0.857. The first-order valence-electron chi connectivity index (χ1n) is 10.1. The van der Waals surface area contributed by atoms with Crippen molar-refractivity contribution in [1.82, 2.24) is 4.90 Å². The molecule has 0 aliphatic heterocycles. The first kappa shape index (κ1) is 26.1. The molecule has 0 saturated carbocycles. The summed E-state index contributed by atoms with van der Waals surface area (Å²) in [6.07, 6.45) is 0.482. The van der Waals surface area contributed by atoms with E-state index in [1.165, 1.54) is 0 Å². The van der Waals surface area contributed by atoms with Crippen LogP contribution in [0.2, 0.25) is 18.1 Å². The molecule has 3 atom stereocenters. The minimum absolute atomic E-state index is 0.0614. The maximum absolute atomic E-state index is 12.4. The summed E-state index contributed by atoms with van der Waals surface area (Å²) in [7, 11) is -1.96. The van der Waals surface area contributed by atoms with Crippen LogP contribution in [-0.4, -0.2) is 48.7 Å². The Bertz CT molecular complexity index is 501. The Morgan fingerprint density at radius 3 is 1.85 bits per heavy atom. The lowest BCUT2D eigenvalue weighted by atomic mass is 10.00. The number of aliphatic hydroxyl groups is 1. The first-order chi connectivity index (χ1) is 12.0. The monoisotopic (exact) mass is 401 g/mol. The highest BCUT2D eigenvalue weighted by Gasteiger charge is 2.40. The van der Waals surface area contributed by atoms with Crippen molar-refractivity contribution in [1.29, 1.82) is 0 Å². The van der Waals surface area contributed by atoms with Gasteiger partial charge in [0.05, 0.1) is 12.2 Å². The zero-order valence-corrected chi connectivity index (χ0v) is 20.6. The maximum Gasteiger partial charge on any atom is 0.415 e. The molecule has 6 heteroatoms. The molecule has 0 rings (SSSR count). The van der Waals surface area contributed by atoms with Crippen molar-refractivity contribution in [2.24, 2.45) is 5.92 Å². The van der Waals surface area contributed by atoms with Crippen LogP contribution in [0.1, 0.15) is 69.2 Å². The molecule has 27 heavy (non-hydrogen) atoms. The maximum atomic E-state index is 12.4. The highest BCUT2D eigenvalue weighted by atomic mass is 28.4. The summed E-state index contributed by atoms with van der Waals surface area (Å²) in [6.45, 7) is 24.3. The van der Waals surface area contributed by atoms with E-state index in [-0.39, 0.29) is 35.2 Å². The minimum Gasteiger partial charge on any atom is -0.415 e. The molecule has 0 aromatic rings. The van der Waals surface area contributed by atoms with E-state index >= 15 is 0 Å². The van der Waals surface area contributed by atoms with E-state index in [9.17, 15) is 9.90 Å². The number of amides is 1. The smallest absolute Gasteiger partial charge is 0.415 e. The van der Waals surface area contributed by atoms with Crippen molar-refractivity contribution in [2.75, 3.05) is 0 Å². The molecule has 5 nitrogen and oxygen atoms in total. The van der Waals surface area contributed by atoms with Crippen molar-refractivity contribution in [2.45, 2.75) is 112 Å². The molecule has 0 fully saturated rings. The number of hydrogen-bond acceptors (Lipinski definition) is 4. The number of hydrogen-bond donors (Lipinski definition) is 1. The SMILES string of the molecule is C/C(=C/[C@@H](C)[C@@H](O)[C@H](C)O[Si](C)(C)C(C)(C)C)OC(=O)N(C(C)C)C(C)C. The lowest BCUT2D eigenvalue weighted by Gasteiger charge is -2.40. The number of aliphatic hydroxyl groups excluding tert-OH is 1. The zero-order valence-electron chi connectivity index (χ0n) is 19.6. The summed E-state index contributed by atoms with van der Waals surface area (Å²) in [5.41, 5.74) is 0. The van der Waals surface area contributed by atoms with Gasteiger partial charge in [0.1, 0.15) is 5.76 Å². The van der Waals surface area contributed by atoms with Gasteiger partial charge in [0.2, 0.25) is 0 Å². The van der Waals surface area contributed by atoms with Gasteiger partial charge in [-0.15, -0.1) is 0 Å². The number of rotatable bonds is 8. The Balaban J connectivity index is 5.02. The third-order valence-corrected chi connectivity index (χ3v) is 9.95.